The smallest absolute Gasteiger partial charge is 0.169 e. The highest BCUT2D eigenvalue weighted by Gasteiger charge is 2.32. The minimum absolute atomic E-state index is 0.280. The second kappa shape index (κ2) is 4.03. The Hall–Kier alpha value is -0.990. The van der Waals surface area contributed by atoms with Gasteiger partial charge in [0.2, 0.25) is 0 Å². The molecular weight excluding hydrogens is 201 g/mol. The molecule has 1 aromatic heterocycles. The molecule has 1 N–H and O–H groups in total. The molecule has 1 heterocycles. The average Bonchev–Trinajstić information content (AvgIpc) is 2.18. The zero-order valence-corrected chi connectivity index (χ0v) is 8.94. The van der Waals surface area contributed by atoms with E-state index in [1.807, 2.05) is 0 Å². The Kier molecular flexibility index (Phi) is 3.19. The molecule has 76 valence electrons. The molecule has 2 unspecified atom stereocenters. The number of aromatic nitrogens is 1. The van der Waals surface area contributed by atoms with Gasteiger partial charge in [0.15, 0.2) is 18.8 Å². The molecule has 0 saturated carbocycles. The summed E-state index contributed by atoms with van der Waals surface area (Å²) in [5.74, 6) is -1.95. The summed E-state index contributed by atoms with van der Waals surface area (Å²) in [6.45, 7) is 2.57. The van der Waals surface area contributed by atoms with Gasteiger partial charge >= 0.3 is 0 Å². The van der Waals surface area contributed by atoms with Gasteiger partial charge in [-0.05, 0) is 25.7 Å². The second-order valence-electron chi connectivity index (χ2n) is 3.16. The molecule has 0 spiro atoms. The van der Waals surface area contributed by atoms with Crippen molar-refractivity contribution in [3.8, 4) is 0 Å². The lowest BCUT2D eigenvalue weighted by molar-refractivity contribution is -0.121. The van der Waals surface area contributed by atoms with Crippen molar-refractivity contribution >= 4 is 18.4 Å². The summed E-state index contributed by atoms with van der Waals surface area (Å²) in [7, 11) is -3.10. The van der Waals surface area contributed by atoms with E-state index < -0.39 is 18.8 Å². The minimum Gasteiger partial charge on any atom is -0.377 e. The van der Waals surface area contributed by atoms with Gasteiger partial charge < -0.3 is 9.67 Å². The van der Waals surface area contributed by atoms with Crippen LogP contribution in [0.5, 0.6) is 0 Å². The Morgan fingerprint density at radius 3 is 2.64 bits per heavy atom. The molecule has 4 nitrogen and oxygen atoms in total. The number of aliphatic hydroxyl groups excluding tert-OH is 1. The van der Waals surface area contributed by atoms with Crippen LogP contribution in [0.1, 0.15) is 6.92 Å². The largest absolute Gasteiger partial charge is 0.377 e. The number of carbonyl (C=O) groups excluding carboxylic acids is 1. The third-order valence-electron chi connectivity index (χ3n) is 1.93. The number of hydrogen-bond acceptors (Lipinski definition) is 4. The normalized spacial score (nSPS) is 17.1. The fourth-order valence-corrected chi connectivity index (χ4v) is 2.71. The first-order chi connectivity index (χ1) is 6.46. The van der Waals surface area contributed by atoms with Crippen LogP contribution in [0.15, 0.2) is 24.4 Å². The number of nitrogens with zero attached hydrogens (tertiary/aromatic N) is 1. The van der Waals surface area contributed by atoms with Gasteiger partial charge in [-0.15, -0.1) is 0 Å². The van der Waals surface area contributed by atoms with Crippen LogP contribution >= 0.6 is 7.14 Å². The Morgan fingerprint density at radius 2 is 2.21 bits per heavy atom. The van der Waals surface area contributed by atoms with E-state index in [0.29, 0.717) is 0 Å². The predicted molar refractivity (Wildman–Crippen MR) is 54.1 cm³/mol. The van der Waals surface area contributed by atoms with E-state index in [4.69, 9.17) is 0 Å². The van der Waals surface area contributed by atoms with Crippen molar-refractivity contribution in [1.82, 2.24) is 4.98 Å². The molecule has 0 fully saturated rings. The fraction of sp³-hybridized carbons (Fsp3) is 0.333. The number of Topliss-reactive ketones (excluding diaryl/α,β-unsaturated/α-hetero) is 1. The summed E-state index contributed by atoms with van der Waals surface area (Å²) in [5.41, 5.74) is 0.280. The first kappa shape index (κ1) is 11.1. The lowest BCUT2D eigenvalue weighted by Crippen LogP contribution is -2.24. The van der Waals surface area contributed by atoms with E-state index in [9.17, 15) is 14.5 Å². The quantitative estimate of drug-likeness (QED) is 0.747. The first-order valence-electron chi connectivity index (χ1n) is 4.13. The highest BCUT2D eigenvalue weighted by Crippen LogP contribution is 2.43. The van der Waals surface area contributed by atoms with Crippen LogP contribution < -0.4 is 5.44 Å². The van der Waals surface area contributed by atoms with Crippen LogP contribution in [0.4, 0.5) is 0 Å². The second-order valence-corrected chi connectivity index (χ2v) is 6.09. The molecule has 0 radical (unpaired) electrons. The van der Waals surface area contributed by atoms with Crippen molar-refractivity contribution in [2.75, 3.05) is 6.66 Å². The van der Waals surface area contributed by atoms with E-state index >= 15 is 0 Å². The molecule has 1 rings (SSSR count). The van der Waals surface area contributed by atoms with Crippen molar-refractivity contribution in [3.05, 3.63) is 24.4 Å². The molecule has 0 aliphatic carbocycles. The van der Waals surface area contributed by atoms with Crippen molar-refractivity contribution < 1.29 is 14.5 Å². The van der Waals surface area contributed by atoms with Crippen LogP contribution in [0.2, 0.25) is 0 Å². The van der Waals surface area contributed by atoms with E-state index in [2.05, 4.69) is 4.98 Å². The lowest BCUT2D eigenvalue weighted by atomic mass is 10.5. The number of carbonyl (C=O) groups is 1. The zero-order valence-electron chi connectivity index (χ0n) is 8.04. The van der Waals surface area contributed by atoms with Crippen molar-refractivity contribution in [1.29, 1.82) is 0 Å². The predicted octanol–water partition coefficient (Wildman–Crippen LogP) is 0.607. The Labute approximate surface area is 82.4 Å². The summed E-state index contributed by atoms with van der Waals surface area (Å²) in [6, 6.07) is 4.90. The van der Waals surface area contributed by atoms with Crippen LogP contribution in [0.25, 0.3) is 0 Å². The molecule has 0 saturated heterocycles. The summed E-state index contributed by atoms with van der Waals surface area (Å²) >= 11 is 0. The zero-order chi connectivity index (χ0) is 10.8. The van der Waals surface area contributed by atoms with Gasteiger partial charge in [0.05, 0.1) is 0 Å². The number of hydrogen-bond donors (Lipinski definition) is 1. The van der Waals surface area contributed by atoms with Crippen molar-refractivity contribution in [2.24, 2.45) is 0 Å². The molecule has 1 aromatic rings. The van der Waals surface area contributed by atoms with Gasteiger partial charge in [-0.25, -0.2) is 0 Å². The molecule has 14 heavy (non-hydrogen) atoms. The Bertz CT molecular complexity index is 377. The van der Waals surface area contributed by atoms with E-state index in [-0.39, 0.29) is 5.44 Å². The molecule has 0 aliphatic heterocycles. The summed E-state index contributed by atoms with van der Waals surface area (Å²) < 4.78 is 12.0. The minimum atomic E-state index is -3.10. The molecule has 0 bridgehead atoms. The van der Waals surface area contributed by atoms with Gasteiger partial charge in [-0.1, -0.05) is 6.07 Å². The third kappa shape index (κ3) is 2.08. The topological polar surface area (TPSA) is 67.3 Å². The van der Waals surface area contributed by atoms with E-state index in [0.717, 1.165) is 0 Å². The molecule has 0 aromatic carbocycles. The first-order valence-corrected chi connectivity index (χ1v) is 6.36. The SMILES string of the molecule is CC(=O)C(O)P(C)(=O)c1ccccn1. The average molecular weight is 213 g/mol. The maximum absolute atomic E-state index is 12.0. The summed E-state index contributed by atoms with van der Waals surface area (Å²) in [4.78, 5) is 14.8. The standard InChI is InChI=1S/C9H12NO3P/c1-7(11)9(12)14(2,13)8-5-3-4-6-10-8/h3-6,9,12H,1-2H3. The van der Waals surface area contributed by atoms with E-state index in [1.165, 1.54) is 19.8 Å². The lowest BCUT2D eigenvalue weighted by Gasteiger charge is -2.16. The molecule has 0 aliphatic rings. The highest BCUT2D eigenvalue weighted by molar-refractivity contribution is 7.71. The van der Waals surface area contributed by atoms with Gasteiger partial charge in [-0.3, -0.25) is 9.78 Å². The van der Waals surface area contributed by atoms with Gasteiger partial charge in [0, 0.05) is 6.20 Å². The van der Waals surface area contributed by atoms with Crippen LogP contribution in [-0.4, -0.2) is 28.4 Å². The van der Waals surface area contributed by atoms with E-state index in [1.54, 1.807) is 18.2 Å². The van der Waals surface area contributed by atoms with Gasteiger partial charge in [0.1, 0.15) is 5.44 Å². The molecule has 5 heteroatoms. The maximum atomic E-state index is 12.0. The van der Waals surface area contributed by atoms with Gasteiger partial charge in [0.25, 0.3) is 0 Å². The monoisotopic (exact) mass is 213 g/mol. The molecule has 2 atom stereocenters. The Balaban J connectivity index is 3.09. The van der Waals surface area contributed by atoms with Crippen molar-refractivity contribution in [3.63, 3.8) is 0 Å². The fourth-order valence-electron chi connectivity index (χ4n) is 1.09. The molecular formula is C9H12NO3P. The number of aliphatic hydroxyl groups is 1. The van der Waals surface area contributed by atoms with Crippen LogP contribution in [0, 0.1) is 0 Å². The Morgan fingerprint density at radius 1 is 1.57 bits per heavy atom. The maximum Gasteiger partial charge on any atom is 0.169 e. The highest BCUT2D eigenvalue weighted by atomic mass is 31.2. The number of rotatable bonds is 3. The third-order valence-corrected chi connectivity index (χ3v) is 4.41. The van der Waals surface area contributed by atoms with Crippen LogP contribution in [-0.2, 0) is 9.36 Å². The summed E-state index contributed by atoms with van der Waals surface area (Å²) in [5, 5.41) is 9.45. The van der Waals surface area contributed by atoms with Crippen molar-refractivity contribution in [2.45, 2.75) is 12.8 Å². The summed E-state index contributed by atoms with van der Waals surface area (Å²) in [6.07, 6.45) is 1.48. The number of ketones is 1. The molecule has 0 amide bonds. The number of pyridine rings is 1. The van der Waals surface area contributed by atoms with Gasteiger partial charge in [-0.2, -0.15) is 0 Å². The van der Waals surface area contributed by atoms with Crippen LogP contribution in [0.3, 0.4) is 0 Å².